The van der Waals surface area contributed by atoms with E-state index in [0.717, 1.165) is 12.8 Å². The Bertz CT molecular complexity index is 483. The van der Waals surface area contributed by atoms with E-state index in [1.807, 2.05) is 41.5 Å². The van der Waals surface area contributed by atoms with Gasteiger partial charge in [-0.25, -0.2) is 0 Å². The van der Waals surface area contributed by atoms with Crippen LogP contribution in [0.2, 0.25) is 0 Å². The Labute approximate surface area is 218 Å². The Morgan fingerprint density at radius 1 is 0.600 bits per heavy atom. The molecule has 0 fully saturated rings. The summed E-state index contributed by atoms with van der Waals surface area (Å²) in [6.45, 7) is 13.6. The van der Waals surface area contributed by atoms with E-state index in [9.17, 15) is 4.79 Å². The van der Waals surface area contributed by atoms with E-state index in [1.165, 1.54) is 89.9 Å². The summed E-state index contributed by atoms with van der Waals surface area (Å²) in [5, 5.41) is 0. The lowest BCUT2D eigenvalue weighted by atomic mass is 9.96. The molecule has 0 bridgehead atoms. The van der Waals surface area contributed by atoms with Gasteiger partial charge in [0.05, 0.1) is 18.3 Å². The van der Waals surface area contributed by atoms with E-state index >= 15 is 0 Å². The maximum Gasteiger partial charge on any atom is 0.316 e. The zero-order valence-electron chi connectivity index (χ0n) is 24.5. The van der Waals surface area contributed by atoms with Crippen LogP contribution in [0.1, 0.15) is 158 Å². The summed E-state index contributed by atoms with van der Waals surface area (Å²) in [7, 11) is 0. The molecule has 5 heteroatoms. The Morgan fingerprint density at radius 3 is 1.26 bits per heavy atom. The van der Waals surface area contributed by atoms with Crippen LogP contribution in [-0.2, 0) is 19.0 Å². The van der Waals surface area contributed by atoms with E-state index in [4.69, 9.17) is 19.9 Å². The lowest BCUT2D eigenvalue weighted by Crippen LogP contribution is -2.57. The zero-order valence-corrected chi connectivity index (χ0v) is 24.5. The first-order chi connectivity index (χ1) is 16.6. The number of ether oxygens (including phenoxy) is 3. The summed E-state index contributed by atoms with van der Waals surface area (Å²) in [5.41, 5.74) is 6.54. The van der Waals surface area contributed by atoms with Crippen LogP contribution >= 0.6 is 0 Å². The first-order valence-electron chi connectivity index (χ1n) is 15.0. The van der Waals surface area contributed by atoms with Gasteiger partial charge in [-0.05, 0) is 48.0 Å². The van der Waals surface area contributed by atoms with Gasteiger partial charge in [0, 0.05) is 0 Å². The number of hydrogen-bond acceptors (Lipinski definition) is 5. The average Bonchev–Trinajstić information content (AvgIpc) is 2.74. The Hall–Kier alpha value is -0.650. The van der Waals surface area contributed by atoms with Gasteiger partial charge in [0.15, 0.2) is 0 Å². The molecule has 0 aromatic heterocycles. The highest BCUT2D eigenvalue weighted by atomic mass is 16.7. The number of nitrogens with two attached hydrogens (primary N) is 1. The van der Waals surface area contributed by atoms with Crippen LogP contribution in [0, 0.1) is 5.92 Å². The molecule has 0 saturated carbocycles. The van der Waals surface area contributed by atoms with Gasteiger partial charge in [-0.3, -0.25) is 10.5 Å². The van der Waals surface area contributed by atoms with Crippen molar-refractivity contribution >= 4 is 5.97 Å². The predicted octanol–water partition coefficient (Wildman–Crippen LogP) is 8.67. The molecule has 0 amide bonds. The van der Waals surface area contributed by atoms with E-state index in [0.29, 0.717) is 6.42 Å². The number of esters is 1. The molecule has 0 rings (SSSR count). The molecule has 0 radical (unpaired) electrons. The largest absolute Gasteiger partial charge is 0.463 e. The summed E-state index contributed by atoms with van der Waals surface area (Å²) in [6, 6.07) is 0. The molecule has 1 unspecified atom stereocenters. The van der Waals surface area contributed by atoms with Gasteiger partial charge in [0.2, 0.25) is 5.91 Å². The van der Waals surface area contributed by atoms with Crippen LogP contribution in [0.15, 0.2) is 0 Å². The normalized spacial score (nSPS) is 13.2. The fourth-order valence-electron chi connectivity index (χ4n) is 4.62. The lowest BCUT2D eigenvalue weighted by Gasteiger charge is -2.38. The van der Waals surface area contributed by atoms with Crippen molar-refractivity contribution in [3.63, 3.8) is 0 Å². The number of carbonyl (C=O) groups is 1. The van der Waals surface area contributed by atoms with Gasteiger partial charge >= 0.3 is 5.97 Å². The smallest absolute Gasteiger partial charge is 0.316 e. The SMILES string of the molecule is CCCCCCCCCCCCCCCCCCC(C(=O)OC(C)C)C(N)(OC(C)C)OC(C)C. The highest BCUT2D eigenvalue weighted by Gasteiger charge is 2.44. The minimum absolute atomic E-state index is 0.154. The molecule has 35 heavy (non-hydrogen) atoms. The molecular formula is C30H61NO4. The highest BCUT2D eigenvalue weighted by molar-refractivity contribution is 5.73. The van der Waals surface area contributed by atoms with Gasteiger partial charge in [0.1, 0.15) is 5.92 Å². The van der Waals surface area contributed by atoms with E-state index in [1.54, 1.807) is 0 Å². The Balaban J connectivity index is 4.19. The summed E-state index contributed by atoms with van der Waals surface area (Å²) in [5.74, 6) is -2.44. The van der Waals surface area contributed by atoms with Crippen molar-refractivity contribution in [2.45, 2.75) is 182 Å². The topological polar surface area (TPSA) is 70.8 Å². The van der Waals surface area contributed by atoms with Gasteiger partial charge in [-0.1, -0.05) is 110 Å². The molecule has 210 valence electrons. The van der Waals surface area contributed by atoms with Crippen LogP contribution in [0.25, 0.3) is 0 Å². The van der Waals surface area contributed by atoms with Gasteiger partial charge in [0.25, 0.3) is 0 Å². The molecule has 0 aliphatic heterocycles. The molecule has 0 aromatic rings. The Kier molecular flexibility index (Phi) is 21.0. The summed E-state index contributed by atoms with van der Waals surface area (Å²) < 4.78 is 17.4. The van der Waals surface area contributed by atoms with Crippen molar-refractivity contribution in [2.75, 3.05) is 0 Å². The van der Waals surface area contributed by atoms with Crippen LogP contribution in [0.3, 0.4) is 0 Å². The second kappa shape index (κ2) is 21.4. The molecule has 0 spiro atoms. The number of carbonyl (C=O) groups excluding carboxylic acids is 1. The van der Waals surface area contributed by atoms with Crippen LogP contribution < -0.4 is 5.73 Å². The average molecular weight is 500 g/mol. The zero-order chi connectivity index (χ0) is 26.5. The van der Waals surface area contributed by atoms with E-state index in [2.05, 4.69) is 6.92 Å². The van der Waals surface area contributed by atoms with Gasteiger partial charge < -0.3 is 14.2 Å². The Morgan fingerprint density at radius 2 is 0.943 bits per heavy atom. The van der Waals surface area contributed by atoms with Crippen molar-refractivity contribution in [3.05, 3.63) is 0 Å². The number of unbranched alkanes of at least 4 members (excludes halogenated alkanes) is 15. The molecule has 1 atom stereocenters. The molecule has 0 aliphatic rings. The maximum atomic E-state index is 12.9. The molecule has 2 N–H and O–H groups in total. The third kappa shape index (κ3) is 19.2. The third-order valence-corrected chi connectivity index (χ3v) is 6.31. The second-order valence-electron chi connectivity index (χ2n) is 11.2. The summed E-state index contributed by atoms with van der Waals surface area (Å²) in [4.78, 5) is 12.9. The minimum atomic E-state index is -1.47. The summed E-state index contributed by atoms with van der Waals surface area (Å²) in [6.07, 6.45) is 21.2. The lowest BCUT2D eigenvalue weighted by molar-refractivity contribution is -0.293. The third-order valence-electron chi connectivity index (χ3n) is 6.31. The fourth-order valence-corrected chi connectivity index (χ4v) is 4.62. The monoisotopic (exact) mass is 499 g/mol. The maximum absolute atomic E-state index is 12.9. The molecule has 5 nitrogen and oxygen atoms in total. The quantitative estimate of drug-likeness (QED) is 0.0817. The molecule has 0 heterocycles. The van der Waals surface area contributed by atoms with Crippen molar-refractivity contribution in [1.82, 2.24) is 0 Å². The highest BCUT2D eigenvalue weighted by Crippen LogP contribution is 2.29. The summed E-state index contributed by atoms with van der Waals surface area (Å²) >= 11 is 0. The van der Waals surface area contributed by atoms with Crippen molar-refractivity contribution in [2.24, 2.45) is 11.7 Å². The fraction of sp³-hybridized carbons (Fsp3) is 0.967. The molecular weight excluding hydrogens is 438 g/mol. The van der Waals surface area contributed by atoms with Gasteiger partial charge in [-0.2, -0.15) is 0 Å². The molecule has 0 aromatic carbocycles. The predicted molar refractivity (Wildman–Crippen MR) is 148 cm³/mol. The molecule has 0 saturated heterocycles. The van der Waals surface area contributed by atoms with Crippen LogP contribution in [0.5, 0.6) is 0 Å². The van der Waals surface area contributed by atoms with E-state index < -0.39 is 11.8 Å². The minimum Gasteiger partial charge on any atom is -0.463 e. The first-order valence-corrected chi connectivity index (χ1v) is 15.0. The first kappa shape index (κ1) is 34.4. The number of hydrogen-bond donors (Lipinski definition) is 1. The van der Waals surface area contributed by atoms with Gasteiger partial charge in [-0.15, -0.1) is 0 Å². The second-order valence-corrected chi connectivity index (χ2v) is 11.2. The van der Waals surface area contributed by atoms with Crippen molar-refractivity contribution in [1.29, 1.82) is 0 Å². The van der Waals surface area contributed by atoms with Crippen molar-refractivity contribution < 1.29 is 19.0 Å². The standard InChI is InChI=1S/C30H61NO4/c1-8-9-10-11-12-13-14-15-16-17-18-19-20-21-22-23-24-28(29(32)33-25(2)3)30(31,34-26(4)5)35-27(6)7/h25-28H,8-24,31H2,1-7H3. The molecule has 0 aliphatic carbocycles. The van der Waals surface area contributed by atoms with Crippen molar-refractivity contribution in [3.8, 4) is 0 Å². The van der Waals surface area contributed by atoms with Crippen LogP contribution in [0.4, 0.5) is 0 Å². The number of rotatable bonds is 24. The van der Waals surface area contributed by atoms with Crippen LogP contribution in [-0.4, -0.2) is 30.2 Å². The van der Waals surface area contributed by atoms with E-state index in [-0.39, 0.29) is 24.3 Å².